The Kier molecular flexibility index (Phi) is 10.2. The van der Waals surface area contributed by atoms with Crippen molar-refractivity contribution >= 4 is 11.8 Å². The van der Waals surface area contributed by atoms with Crippen LogP contribution < -0.4 is 5.32 Å². The summed E-state index contributed by atoms with van der Waals surface area (Å²) in [5, 5.41) is 3.36. The Morgan fingerprint density at radius 1 is 0.824 bits per heavy atom. The van der Waals surface area contributed by atoms with Crippen LogP contribution in [0, 0.1) is 58.2 Å². The van der Waals surface area contributed by atoms with E-state index in [0.29, 0.717) is 46.6 Å². The molecule has 4 saturated carbocycles. The van der Waals surface area contributed by atoms with Gasteiger partial charge in [-0.25, -0.2) is 0 Å². The first kappa shape index (κ1) is 36.7. The van der Waals surface area contributed by atoms with Gasteiger partial charge < -0.3 is 24.6 Å². The van der Waals surface area contributed by atoms with Gasteiger partial charge in [0.05, 0.1) is 12.7 Å². The summed E-state index contributed by atoms with van der Waals surface area (Å²) in [4.78, 5) is 33.7. The van der Waals surface area contributed by atoms with Gasteiger partial charge in [0, 0.05) is 57.1 Å². The van der Waals surface area contributed by atoms with Crippen LogP contribution in [0.15, 0.2) is 0 Å². The molecule has 8 aliphatic rings. The van der Waals surface area contributed by atoms with Crippen molar-refractivity contribution in [1.82, 2.24) is 20.0 Å². The van der Waals surface area contributed by atoms with Crippen molar-refractivity contribution in [1.29, 1.82) is 0 Å². The summed E-state index contributed by atoms with van der Waals surface area (Å²) >= 11 is 0. The Balaban J connectivity index is 0.804. The van der Waals surface area contributed by atoms with Gasteiger partial charge in [-0.1, -0.05) is 41.5 Å². The van der Waals surface area contributed by atoms with Gasteiger partial charge >= 0.3 is 0 Å². The van der Waals surface area contributed by atoms with Crippen LogP contribution in [-0.4, -0.2) is 103 Å². The largest absolute Gasteiger partial charge is 0.353 e. The van der Waals surface area contributed by atoms with E-state index in [1.807, 2.05) is 4.90 Å². The molecule has 0 aromatic carbocycles. The van der Waals surface area contributed by atoms with Gasteiger partial charge in [0.1, 0.15) is 6.42 Å². The monoisotopic (exact) mass is 709 g/mol. The van der Waals surface area contributed by atoms with E-state index in [-0.39, 0.29) is 30.1 Å². The van der Waals surface area contributed by atoms with Gasteiger partial charge in [-0.15, -0.1) is 0 Å². The predicted molar refractivity (Wildman–Crippen MR) is 201 cm³/mol. The molecular formula is C43H72N4O4. The second-order valence-electron chi connectivity index (χ2n) is 20.2. The van der Waals surface area contributed by atoms with Crippen LogP contribution in [0.3, 0.4) is 0 Å². The van der Waals surface area contributed by atoms with Crippen LogP contribution in [0.5, 0.6) is 0 Å². The highest BCUT2D eigenvalue weighted by atomic mass is 16.7. The highest BCUT2D eigenvalue weighted by molar-refractivity contribution is 5.97. The van der Waals surface area contributed by atoms with E-state index in [2.05, 4.69) is 56.7 Å². The molecule has 8 rings (SSSR count). The van der Waals surface area contributed by atoms with Gasteiger partial charge in [0.25, 0.3) is 0 Å². The lowest BCUT2D eigenvalue weighted by molar-refractivity contribution is -0.273. The number of hydrogen-bond donors (Lipinski definition) is 1. The normalized spacial score (nSPS) is 46.4. The van der Waals surface area contributed by atoms with Gasteiger partial charge in [-0.2, -0.15) is 0 Å². The Bertz CT molecular complexity index is 1270. The van der Waals surface area contributed by atoms with Gasteiger partial charge in [-0.05, 0) is 136 Å². The van der Waals surface area contributed by atoms with Crippen LogP contribution >= 0.6 is 0 Å². The minimum Gasteiger partial charge on any atom is -0.353 e. The van der Waals surface area contributed by atoms with Crippen LogP contribution in [0.25, 0.3) is 0 Å². The molecule has 1 unspecified atom stereocenters. The first-order valence-corrected chi connectivity index (χ1v) is 21.7. The minimum absolute atomic E-state index is 0.00512. The molecule has 8 nitrogen and oxygen atoms in total. The van der Waals surface area contributed by atoms with Crippen molar-refractivity contribution in [3.63, 3.8) is 0 Å². The summed E-state index contributed by atoms with van der Waals surface area (Å²) in [7, 11) is 0. The average molecular weight is 709 g/mol. The molecule has 12 atom stereocenters. The molecule has 8 heteroatoms. The molecule has 288 valence electrons. The Morgan fingerprint density at radius 2 is 1.57 bits per heavy atom. The number of carbonyl (C=O) groups excluding carboxylic acids is 2. The van der Waals surface area contributed by atoms with Gasteiger partial charge in [0.2, 0.25) is 11.8 Å². The second-order valence-corrected chi connectivity index (χ2v) is 20.2. The molecule has 8 fully saturated rings. The Hall–Kier alpha value is -1.22. The number of piperazine rings is 1. The van der Waals surface area contributed by atoms with E-state index < -0.39 is 0 Å². The fourth-order valence-corrected chi connectivity index (χ4v) is 14.3. The van der Waals surface area contributed by atoms with E-state index >= 15 is 0 Å². The molecule has 0 aromatic heterocycles. The average Bonchev–Trinajstić information content (AvgIpc) is 3.55. The van der Waals surface area contributed by atoms with Gasteiger partial charge in [-0.3, -0.25) is 14.5 Å². The van der Waals surface area contributed by atoms with Crippen molar-refractivity contribution in [2.75, 3.05) is 52.4 Å². The lowest BCUT2D eigenvalue weighted by Gasteiger charge is -2.61. The number of rotatable bonds is 6. The zero-order valence-electron chi connectivity index (χ0n) is 33.2. The zero-order chi connectivity index (χ0) is 35.7. The number of likely N-dealkylation sites (tertiary alicyclic amines) is 1. The molecule has 1 N–H and O–H groups in total. The summed E-state index contributed by atoms with van der Waals surface area (Å²) in [5.74, 6) is 5.11. The minimum atomic E-state index is -0.330. The molecule has 0 radical (unpaired) electrons. The number of amides is 2. The van der Waals surface area contributed by atoms with E-state index in [1.54, 1.807) is 0 Å². The predicted octanol–water partition coefficient (Wildman–Crippen LogP) is 6.57. The van der Waals surface area contributed by atoms with E-state index in [9.17, 15) is 9.59 Å². The number of ether oxygens (including phenoxy) is 2. The molecule has 0 aromatic rings. The molecule has 1 spiro atoms. The number of hydrogen-bond acceptors (Lipinski definition) is 6. The number of fused-ring (bicyclic) bond motifs is 7. The zero-order valence-corrected chi connectivity index (χ0v) is 33.2. The van der Waals surface area contributed by atoms with E-state index in [0.717, 1.165) is 75.7 Å². The summed E-state index contributed by atoms with van der Waals surface area (Å²) in [5.41, 5.74) is 0.722. The SMILES string of the molecule is CC(C)CN1CCC(N2CCN(C(=O)CC(=O)N[C@H]3CC[C@]4(C)C5CC[C@]6(C)[C@@H]7[C@H](C[C@H]6[C@@H]5CC[C@@H]4C3)O[C@]3(CC[C@H](C)CO3)[C@H]7C)CC2)CC1. The maximum atomic E-state index is 13.3. The maximum Gasteiger partial charge on any atom is 0.232 e. The smallest absolute Gasteiger partial charge is 0.232 e. The summed E-state index contributed by atoms with van der Waals surface area (Å²) in [6, 6.07) is 0.851. The number of nitrogens with one attached hydrogen (secondary N) is 1. The molecule has 4 saturated heterocycles. The molecule has 4 aliphatic heterocycles. The van der Waals surface area contributed by atoms with E-state index in [1.165, 1.54) is 77.4 Å². The van der Waals surface area contributed by atoms with Crippen LogP contribution in [-0.2, 0) is 19.1 Å². The third kappa shape index (κ3) is 6.64. The summed E-state index contributed by atoms with van der Waals surface area (Å²) in [6.07, 6.45) is 15.0. The molecule has 51 heavy (non-hydrogen) atoms. The summed E-state index contributed by atoms with van der Waals surface area (Å²) < 4.78 is 13.6. The standard InChI is InChI=1S/C43H72N4O4/c1-28(2)26-45-17-12-33(13-18-45)46-19-21-47(22-20-46)39(49)25-38(48)44-32-10-14-41(5)31(23-32)7-8-34-35(41)11-15-42(6)36(34)24-37-40(42)30(4)43(51-37)16-9-29(3)27-50-43/h28-37,40H,7-27H2,1-6H3,(H,44,48)/t29-,30-,31+,32-,34+,35?,36-,37-,40-,41-,42-,43+/m0/s1. The molecule has 2 amide bonds. The Morgan fingerprint density at radius 3 is 2.27 bits per heavy atom. The van der Waals surface area contributed by atoms with Crippen molar-refractivity contribution < 1.29 is 19.1 Å². The Labute approximate surface area is 309 Å². The van der Waals surface area contributed by atoms with Crippen LogP contribution in [0.4, 0.5) is 0 Å². The van der Waals surface area contributed by atoms with E-state index in [4.69, 9.17) is 9.47 Å². The molecule has 4 heterocycles. The number of carbonyl (C=O) groups is 2. The third-order valence-corrected chi connectivity index (χ3v) is 17.0. The highest BCUT2D eigenvalue weighted by Gasteiger charge is 2.69. The lowest BCUT2D eigenvalue weighted by Crippen LogP contribution is -2.56. The molecule has 0 bridgehead atoms. The fourth-order valence-electron chi connectivity index (χ4n) is 14.3. The first-order chi connectivity index (χ1) is 24.4. The van der Waals surface area contributed by atoms with Crippen molar-refractivity contribution in [2.24, 2.45) is 58.2 Å². The fraction of sp³-hybridized carbons (Fsp3) is 0.953. The lowest BCUT2D eigenvalue weighted by atomic mass is 9.44. The van der Waals surface area contributed by atoms with Crippen molar-refractivity contribution in [3.05, 3.63) is 0 Å². The topological polar surface area (TPSA) is 74.4 Å². The maximum absolute atomic E-state index is 13.3. The highest BCUT2D eigenvalue weighted by Crippen LogP contribution is 2.71. The van der Waals surface area contributed by atoms with Crippen LogP contribution in [0.2, 0.25) is 0 Å². The van der Waals surface area contributed by atoms with Crippen LogP contribution in [0.1, 0.15) is 125 Å². The molecule has 4 aliphatic carbocycles. The second kappa shape index (κ2) is 14.1. The van der Waals surface area contributed by atoms with Gasteiger partial charge in [0.15, 0.2) is 5.79 Å². The number of piperidine rings is 1. The summed E-state index contributed by atoms with van der Waals surface area (Å²) in [6.45, 7) is 22.5. The molecular weight excluding hydrogens is 636 g/mol. The van der Waals surface area contributed by atoms with Crippen molar-refractivity contribution in [2.45, 2.75) is 149 Å². The third-order valence-electron chi connectivity index (χ3n) is 17.0. The number of nitrogens with zero attached hydrogens (tertiary/aromatic N) is 3. The first-order valence-electron chi connectivity index (χ1n) is 21.7. The van der Waals surface area contributed by atoms with Crippen molar-refractivity contribution in [3.8, 4) is 0 Å². The quantitative estimate of drug-likeness (QED) is 0.315.